The Morgan fingerprint density at radius 1 is 0.960 bits per heavy atom. The van der Waals surface area contributed by atoms with E-state index in [2.05, 4.69) is 5.32 Å². The van der Waals surface area contributed by atoms with Gasteiger partial charge in [0.2, 0.25) is 0 Å². The van der Waals surface area contributed by atoms with Gasteiger partial charge in [0, 0.05) is 29.9 Å². The van der Waals surface area contributed by atoms with Crippen molar-refractivity contribution in [3.05, 3.63) is 65.7 Å². The van der Waals surface area contributed by atoms with Crippen LogP contribution in [0.25, 0.3) is 0 Å². The maximum atomic E-state index is 12.8. The molecule has 5 nitrogen and oxygen atoms in total. The molecule has 3 rings (SSSR count). The van der Waals surface area contributed by atoms with Crippen LogP contribution in [0, 0.1) is 0 Å². The summed E-state index contributed by atoms with van der Waals surface area (Å²) in [7, 11) is 0. The molecule has 0 unspecified atom stereocenters. The zero-order valence-electron chi connectivity index (χ0n) is 14.4. The molecule has 0 radical (unpaired) electrons. The van der Waals surface area contributed by atoms with Gasteiger partial charge in [-0.1, -0.05) is 24.3 Å². The van der Waals surface area contributed by atoms with E-state index in [0.717, 1.165) is 0 Å². The third-order valence-electron chi connectivity index (χ3n) is 4.11. The van der Waals surface area contributed by atoms with Gasteiger partial charge in [-0.2, -0.15) is 0 Å². The molecule has 1 N–H and O–H groups in total. The number of carbonyl (C=O) groups excluding carboxylic acids is 2. The van der Waals surface area contributed by atoms with Gasteiger partial charge in [0.05, 0.1) is 12.2 Å². The quantitative estimate of drug-likeness (QED) is 0.935. The van der Waals surface area contributed by atoms with Crippen LogP contribution in [0.2, 0.25) is 0 Å². The van der Waals surface area contributed by atoms with E-state index < -0.39 is 0 Å². The zero-order chi connectivity index (χ0) is 17.8. The second kappa shape index (κ2) is 7.49. The van der Waals surface area contributed by atoms with E-state index in [1.165, 1.54) is 0 Å². The molecule has 2 aromatic rings. The Labute approximate surface area is 147 Å². The standard InChI is InChI=1S/C20H22N2O3/c1-14-12-22(13-15(2)25-14)20(24)17-9-6-10-18(11-17)21-19(23)16-7-4-3-5-8-16/h3-11,14-15H,12-13H2,1-2H3,(H,21,23)/t14-,15+. The van der Waals surface area contributed by atoms with Crippen molar-refractivity contribution in [3.63, 3.8) is 0 Å². The fourth-order valence-electron chi connectivity index (χ4n) is 3.05. The summed E-state index contributed by atoms with van der Waals surface area (Å²) < 4.78 is 5.68. The van der Waals surface area contributed by atoms with E-state index in [1.807, 2.05) is 32.0 Å². The largest absolute Gasteiger partial charge is 0.372 e. The number of hydrogen-bond donors (Lipinski definition) is 1. The minimum absolute atomic E-state index is 0.0219. The second-order valence-corrected chi connectivity index (χ2v) is 6.37. The molecule has 0 spiro atoms. The van der Waals surface area contributed by atoms with Crippen molar-refractivity contribution in [1.82, 2.24) is 4.90 Å². The zero-order valence-corrected chi connectivity index (χ0v) is 14.4. The smallest absolute Gasteiger partial charge is 0.255 e. The van der Waals surface area contributed by atoms with Gasteiger partial charge in [0.1, 0.15) is 0 Å². The second-order valence-electron chi connectivity index (χ2n) is 6.37. The monoisotopic (exact) mass is 338 g/mol. The van der Waals surface area contributed by atoms with Crippen molar-refractivity contribution in [1.29, 1.82) is 0 Å². The van der Waals surface area contributed by atoms with E-state index >= 15 is 0 Å². The lowest BCUT2D eigenvalue weighted by Gasteiger charge is -2.35. The average Bonchev–Trinajstić information content (AvgIpc) is 2.61. The Morgan fingerprint density at radius 2 is 1.60 bits per heavy atom. The Balaban J connectivity index is 1.73. The van der Waals surface area contributed by atoms with Crippen LogP contribution >= 0.6 is 0 Å². The lowest BCUT2D eigenvalue weighted by Crippen LogP contribution is -2.48. The number of carbonyl (C=O) groups is 2. The van der Waals surface area contributed by atoms with Crippen molar-refractivity contribution in [2.45, 2.75) is 26.1 Å². The Kier molecular flexibility index (Phi) is 5.14. The van der Waals surface area contributed by atoms with Crippen LogP contribution in [0.15, 0.2) is 54.6 Å². The minimum Gasteiger partial charge on any atom is -0.372 e. The van der Waals surface area contributed by atoms with Gasteiger partial charge in [-0.25, -0.2) is 0 Å². The summed E-state index contributed by atoms with van der Waals surface area (Å²) in [5.41, 5.74) is 1.75. The summed E-state index contributed by atoms with van der Waals surface area (Å²) in [5, 5.41) is 2.84. The fourth-order valence-corrected chi connectivity index (χ4v) is 3.05. The summed E-state index contributed by atoms with van der Waals surface area (Å²) >= 11 is 0. The summed E-state index contributed by atoms with van der Waals surface area (Å²) in [6.45, 7) is 5.08. The minimum atomic E-state index is -0.196. The first kappa shape index (κ1) is 17.2. The van der Waals surface area contributed by atoms with E-state index in [0.29, 0.717) is 29.9 Å². The number of benzene rings is 2. The van der Waals surface area contributed by atoms with Crippen molar-refractivity contribution in [2.24, 2.45) is 0 Å². The predicted molar refractivity (Wildman–Crippen MR) is 96.7 cm³/mol. The molecular formula is C20H22N2O3. The predicted octanol–water partition coefficient (Wildman–Crippen LogP) is 3.19. The number of nitrogens with one attached hydrogen (secondary N) is 1. The third kappa shape index (κ3) is 4.25. The van der Waals surface area contributed by atoms with Crippen LogP contribution in [0.4, 0.5) is 5.69 Å². The lowest BCUT2D eigenvalue weighted by atomic mass is 10.1. The number of ether oxygens (including phenoxy) is 1. The van der Waals surface area contributed by atoms with Gasteiger partial charge >= 0.3 is 0 Å². The number of amides is 2. The van der Waals surface area contributed by atoms with Crippen molar-refractivity contribution < 1.29 is 14.3 Å². The molecular weight excluding hydrogens is 316 g/mol. The number of anilines is 1. The molecule has 1 aliphatic rings. The molecule has 0 aliphatic carbocycles. The van der Waals surface area contributed by atoms with Crippen LogP contribution in [0.5, 0.6) is 0 Å². The third-order valence-corrected chi connectivity index (χ3v) is 4.11. The van der Waals surface area contributed by atoms with Gasteiger partial charge in [-0.3, -0.25) is 9.59 Å². The fraction of sp³-hybridized carbons (Fsp3) is 0.300. The number of rotatable bonds is 3. The first-order valence-electron chi connectivity index (χ1n) is 8.44. The summed E-state index contributed by atoms with van der Waals surface area (Å²) in [4.78, 5) is 26.8. The topological polar surface area (TPSA) is 58.6 Å². The molecule has 130 valence electrons. The number of hydrogen-bond acceptors (Lipinski definition) is 3. The van der Waals surface area contributed by atoms with E-state index in [9.17, 15) is 9.59 Å². The van der Waals surface area contributed by atoms with E-state index in [1.54, 1.807) is 41.3 Å². The normalized spacial score (nSPS) is 20.2. The lowest BCUT2D eigenvalue weighted by molar-refractivity contribution is -0.0586. The van der Waals surface area contributed by atoms with Crippen LogP contribution < -0.4 is 5.32 Å². The highest BCUT2D eigenvalue weighted by atomic mass is 16.5. The van der Waals surface area contributed by atoms with Gasteiger partial charge in [0.15, 0.2) is 0 Å². The molecule has 1 saturated heterocycles. The first-order chi connectivity index (χ1) is 12.0. The molecule has 1 aliphatic heterocycles. The molecule has 2 amide bonds. The van der Waals surface area contributed by atoms with Crippen LogP contribution in [-0.4, -0.2) is 42.0 Å². The van der Waals surface area contributed by atoms with Gasteiger partial charge in [-0.15, -0.1) is 0 Å². The van der Waals surface area contributed by atoms with Gasteiger partial charge in [-0.05, 0) is 44.2 Å². The Hall–Kier alpha value is -2.66. The molecule has 2 aromatic carbocycles. The maximum Gasteiger partial charge on any atom is 0.255 e. The molecule has 0 aromatic heterocycles. The summed E-state index contributed by atoms with van der Waals surface area (Å²) in [6, 6.07) is 16.0. The number of morpholine rings is 1. The van der Waals surface area contributed by atoms with Crippen molar-refractivity contribution in [2.75, 3.05) is 18.4 Å². The SMILES string of the molecule is C[C@@H]1CN(C(=O)c2cccc(NC(=O)c3ccccc3)c2)C[C@H](C)O1. The van der Waals surface area contributed by atoms with E-state index in [-0.39, 0.29) is 24.0 Å². The van der Waals surface area contributed by atoms with Crippen LogP contribution in [0.3, 0.4) is 0 Å². The highest BCUT2D eigenvalue weighted by molar-refractivity contribution is 6.05. The highest BCUT2D eigenvalue weighted by Gasteiger charge is 2.26. The molecule has 2 atom stereocenters. The van der Waals surface area contributed by atoms with Crippen LogP contribution in [0.1, 0.15) is 34.6 Å². The molecule has 0 bridgehead atoms. The first-order valence-corrected chi connectivity index (χ1v) is 8.44. The van der Waals surface area contributed by atoms with E-state index in [4.69, 9.17) is 4.74 Å². The van der Waals surface area contributed by atoms with Gasteiger partial charge < -0.3 is 15.0 Å². The van der Waals surface area contributed by atoms with Gasteiger partial charge in [0.25, 0.3) is 11.8 Å². The molecule has 1 fully saturated rings. The summed E-state index contributed by atoms with van der Waals surface area (Å²) in [6.07, 6.45) is 0.0438. The molecule has 0 saturated carbocycles. The number of nitrogens with zero attached hydrogens (tertiary/aromatic N) is 1. The summed E-state index contributed by atoms with van der Waals surface area (Å²) in [5.74, 6) is -0.239. The molecule has 25 heavy (non-hydrogen) atoms. The average molecular weight is 338 g/mol. The van der Waals surface area contributed by atoms with Crippen molar-refractivity contribution in [3.8, 4) is 0 Å². The van der Waals surface area contributed by atoms with Crippen molar-refractivity contribution >= 4 is 17.5 Å². The highest BCUT2D eigenvalue weighted by Crippen LogP contribution is 2.17. The Morgan fingerprint density at radius 3 is 2.28 bits per heavy atom. The van der Waals surface area contributed by atoms with Crippen LogP contribution in [-0.2, 0) is 4.74 Å². The maximum absolute atomic E-state index is 12.8. The molecule has 5 heteroatoms. The molecule has 1 heterocycles. The Bertz CT molecular complexity index is 751.